The van der Waals surface area contributed by atoms with Crippen molar-refractivity contribution in [3.05, 3.63) is 46.1 Å². The van der Waals surface area contributed by atoms with Crippen LogP contribution in [0.25, 0.3) is 11.3 Å². The van der Waals surface area contributed by atoms with Crippen LogP contribution in [0.5, 0.6) is 0 Å². The van der Waals surface area contributed by atoms with Crippen molar-refractivity contribution in [3.63, 3.8) is 0 Å². The highest BCUT2D eigenvalue weighted by molar-refractivity contribution is 9.10. The van der Waals surface area contributed by atoms with Gasteiger partial charge in [-0.3, -0.25) is 0 Å². The van der Waals surface area contributed by atoms with Gasteiger partial charge in [-0.15, -0.1) is 0 Å². The maximum Gasteiger partial charge on any atom is 0.148 e. The molecule has 106 valence electrons. The van der Waals surface area contributed by atoms with E-state index in [1.54, 1.807) is 18.2 Å². The monoisotopic (exact) mass is 337 g/mol. The van der Waals surface area contributed by atoms with E-state index in [-0.39, 0.29) is 11.4 Å². The van der Waals surface area contributed by atoms with Crippen molar-refractivity contribution in [1.29, 1.82) is 0 Å². The summed E-state index contributed by atoms with van der Waals surface area (Å²) in [7, 11) is 1.85. The topological polar surface area (TPSA) is 37.8 Å². The van der Waals surface area contributed by atoms with Gasteiger partial charge in [0.05, 0.1) is 11.2 Å². The standard InChI is InChI=1S/C15H17BrFN3/c1-9-7-13(11-8-10(16)5-6-12(11)17)20-14(19-9)15(2,3)18-4/h5-8,18H,1-4H3. The molecule has 1 aromatic heterocycles. The van der Waals surface area contributed by atoms with Gasteiger partial charge in [0, 0.05) is 15.7 Å². The van der Waals surface area contributed by atoms with Crippen LogP contribution in [0.1, 0.15) is 25.4 Å². The molecule has 0 bridgehead atoms. The average molecular weight is 338 g/mol. The second-order valence-corrected chi connectivity index (χ2v) is 6.13. The second-order valence-electron chi connectivity index (χ2n) is 5.22. The molecular weight excluding hydrogens is 321 g/mol. The van der Waals surface area contributed by atoms with Gasteiger partial charge in [0.1, 0.15) is 11.6 Å². The highest BCUT2D eigenvalue weighted by Crippen LogP contribution is 2.27. The highest BCUT2D eigenvalue weighted by Gasteiger charge is 2.23. The average Bonchev–Trinajstić information content (AvgIpc) is 2.40. The summed E-state index contributed by atoms with van der Waals surface area (Å²) >= 11 is 3.36. The molecule has 0 saturated heterocycles. The van der Waals surface area contributed by atoms with E-state index >= 15 is 0 Å². The lowest BCUT2D eigenvalue weighted by Crippen LogP contribution is -2.35. The number of nitrogens with one attached hydrogen (secondary N) is 1. The molecule has 0 fully saturated rings. The van der Waals surface area contributed by atoms with Crippen molar-refractivity contribution < 1.29 is 4.39 Å². The first-order chi connectivity index (χ1) is 9.33. The molecule has 5 heteroatoms. The van der Waals surface area contributed by atoms with E-state index in [4.69, 9.17) is 0 Å². The lowest BCUT2D eigenvalue weighted by molar-refractivity contribution is 0.416. The zero-order chi connectivity index (χ0) is 14.9. The zero-order valence-corrected chi connectivity index (χ0v) is 13.5. The van der Waals surface area contributed by atoms with E-state index in [0.717, 1.165) is 10.2 Å². The fraction of sp³-hybridized carbons (Fsp3) is 0.333. The molecule has 0 saturated carbocycles. The smallest absolute Gasteiger partial charge is 0.148 e. The van der Waals surface area contributed by atoms with Crippen LogP contribution in [0.15, 0.2) is 28.7 Å². The minimum Gasteiger partial charge on any atom is -0.308 e. The van der Waals surface area contributed by atoms with Gasteiger partial charge >= 0.3 is 0 Å². The van der Waals surface area contributed by atoms with Gasteiger partial charge in [0.25, 0.3) is 0 Å². The second kappa shape index (κ2) is 5.58. The number of halogens is 2. The van der Waals surface area contributed by atoms with Gasteiger partial charge in [-0.25, -0.2) is 14.4 Å². The SMILES string of the molecule is CNC(C)(C)c1nc(C)cc(-c2cc(Br)ccc2F)n1. The molecule has 20 heavy (non-hydrogen) atoms. The van der Waals surface area contributed by atoms with Crippen LogP contribution in [0.4, 0.5) is 4.39 Å². The molecule has 0 aliphatic heterocycles. The molecule has 1 heterocycles. The van der Waals surface area contributed by atoms with Gasteiger partial charge < -0.3 is 5.32 Å². The molecule has 3 nitrogen and oxygen atoms in total. The van der Waals surface area contributed by atoms with Crippen LogP contribution in [0.3, 0.4) is 0 Å². The molecule has 2 aromatic rings. The number of hydrogen-bond donors (Lipinski definition) is 1. The molecule has 1 N–H and O–H groups in total. The maximum absolute atomic E-state index is 14.0. The normalized spacial score (nSPS) is 11.7. The Morgan fingerprint density at radius 2 is 1.90 bits per heavy atom. The largest absolute Gasteiger partial charge is 0.308 e. The van der Waals surface area contributed by atoms with Crippen LogP contribution >= 0.6 is 15.9 Å². The van der Waals surface area contributed by atoms with Crippen molar-refractivity contribution in [2.75, 3.05) is 7.05 Å². The van der Waals surface area contributed by atoms with Gasteiger partial charge in [0.2, 0.25) is 0 Å². The third-order valence-electron chi connectivity index (χ3n) is 3.24. The molecule has 0 amide bonds. The van der Waals surface area contributed by atoms with Gasteiger partial charge in [-0.2, -0.15) is 0 Å². The van der Waals surface area contributed by atoms with E-state index in [1.807, 2.05) is 27.8 Å². The fourth-order valence-corrected chi connectivity index (χ4v) is 2.15. The van der Waals surface area contributed by atoms with Crippen LogP contribution in [-0.4, -0.2) is 17.0 Å². The first-order valence-electron chi connectivity index (χ1n) is 6.34. The summed E-state index contributed by atoms with van der Waals surface area (Å²) in [6, 6.07) is 6.62. The fourth-order valence-electron chi connectivity index (χ4n) is 1.79. The van der Waals surface area contributed by atoms with Crippen LogP contribution in [0.2, 0.25) is 0 Å². The van der Waals surface area contributed by atoms with Crippen LogP contribution in [0, 0.1) is 12.7 Å². The number of aromatic nitrogens is 2. The number of aryl methyl sites for hydroxylation is 1. The van der Waals surface area contributed by atoms with Crippen molar-refractivity contribution in [3.8, 4) is 11.3 Å². The maximum atomic E-state index is 14.0. The number of nitrogens with zero attached hydrogens (tertiary/aromatic N) is 2. The van der Waals surface area contributed by atoms with Crippen molar-refractivity contribution in [2.24, 2.45) is 0 Å². The van der Waals surface area contributed by atoms with Crippen LogP contribution < -0.4 is 5.32 Å². The number of benzene rings is 1. The third-order valence-corrected chi connectivity index (χ3v) is 3.74. The molecule has 0 aliphatic carbocycles. The minimum atomic E-state index is -0.372. The van der Waals surface area contributed by atoms with Gasteiger partial charge in [-0.1, -0.05) is 15.9 Å². The third kappa shape index (κ3) is 3.04. The Bertz CT molecular complexity index is 641. The lowest BCUT2D eigenvalue weighted by atomic mass is 10.0. The predicted octanol–water partition coefficient (Wildman–Crippen LogP) is 3.81. The predicted molar refractivity (Wildman–Crippen MR) is 81.9 cm³/mol. The van der Waals surface area contributed by atoms with Crippen molar-refractivity contribution in [1.82, 2.24) is 15.3 Å². The summed E-state index contributed by atoms with van der Waals surface area (Å²) in [4.78, 5) is 8.96. The van der Waals surface area contributed by atoms with Crippen molar-refractivity contribution in [2.45, 2.75) is 26.3 Å². The molecule has 0 spiro atoms. The summed E-state index contributed by atoms with van der Waals surface area (Å²) in [6.07, 6.45) is 0. The number of rotatable bonds is 3. The summed E-state index contributed by atoms with van der Waals surface area (Å²) in [5, 5.41) is 3.16. The Balaban J connectivity index is 2.61. The summed E-state index contributed by atoms with van der Waals surface area (Å²) in [5.74, 6) is 0.355. The highest BCUT2D eigenvalue weighted by atomic mass is 79.9. The van der Waals surface area contributed by atoms with E-state index < -0.39 is 0 Å². The lowest BCUT2D eigenvalue weighted by Gasteiger charge is -2.23. The molecule has 0 unspecified atom stereocenters. The molecule has 2 rings (SSSR count). The number of hydrogen-bond acceptors (Lipinski definition) is 3. The first-order valence-corrected chi connectivity index (χ1v) is 7.13. The Hall–Kier alpha value is -1.33. The molecular formula is C15H17BrFN3. The van der Waals surface area contributed by atoms with Crippen LogP contribution in [-0.2, 0) is 5.54 Å². The van der Waals surface area contributed by atoms with E-state index in [0.29, 0.717) is 17.1 Å². The van der Waals surface area contributed by atoms with E-state index in [9.17, 15) is 4.39 Å². The summed E-state index contributed by atoms with van der Waals surface area (Å²) in [6.45, 7) is 5.86. The summed E-state index contributed by atoms with van der Waals surface area (Å²) in [5.41, 5.74) is 1.50. The Morgan fingerprint density at radius 1 is 1.20 bits per heavy atom. The van der Waals surface area contributed by atoms with E-state index in [2.05, 4.69) is 31.2 Å². The quantitative estimate of drug-likeness (QED) is 0.925. The summed E-state index contributed by atoms with van der Waals surface area (Å²) < 4.78 is 14.8. The van der Waals surface area contributed by atoms with Gasteiger partial charge in [0.15, 0.2) is 0 Å². The Kier molecular flexibility index (Phi) is 4.20. The molecule has 1 aromatic carbocycles. The first kappa shape index (κ1) is 15.1. The Morgan fingerprint density at radius 3 is 2.55 bits per heavy atom. The zero-order valence-electron chi connectivity index (χ0n) is 12.0. The Labute approximate surface area is 126 Å². The van der Waals surface area contributed by atoms with Crippen molar-refractivity contribution >= 4 is 15.9 Å². The van der Waals surface area contributed by atoms with Gasteiger partial charge in [-0.05, 0) is 52.1 Å². The minimum absolute atomic E-state index is 0.292. The van der Waals surface area contributed by atoms with E-state index in [1.165, 1.54) is 6.07 Å². The molecule has 0 atom stereocenters. The molecule has 0 radical (unpaired) electrons. The molecule has 0 aliphatic rings.